The second-order valence-corrected chi connectivity index (χ2v) is 7.75. The molecule has 0 saturated carbocycles. The molecule has 6 heteroatoms. The van der Waals surface area contributed by atoms with E-state index in [9.17, 15) is 9.59 Å². The van der Waals surface area contributed by atoms with Crippen LogP contribution in [0.15, 0.2) is 48.2 Å². The second-order valence-electron chi connectivity index (χ2n) is 7.75. The Hall–Kier alpha value is -3.12. The van der Waals surface area contributed by atoms with E-state index in [4.69, 9.17) is 0 Å². The maximum Gasteiger partial charge on any atom is 0.258 e. The molecule has 158 valence electrons. The number of amides is 2. The van der Waals surface area contributed by atoms with Crippen molar-refractivity contribution in [3.05, 3.63) is 64.9 Å². The maximum absolute atomic E-state index is 12.7. The fraction of sp³-hybridized carbons (Fsp3) is 0.333. The van der Waals surface area contributed by atoms with Crippen LogP contribution in [0.5, 0.6) is 0 Å². The summed E-state index contributed by atoms with van der Waals surface area (Å²) >= 11 is 0. The summed E-state index contributed by atoms with van der Waals surface area (Å²) < 4.78 is 0. The number of allylic oxidation sites excluding steroid dienone is 1. The fourth-order valence-corrected chi connectivity index (χ4v) is 3.70. The molecule has 0 atom stereocenters. The van der Waals surface area contributed by atoms with E-state index >= 15 is 0 Å². The zero-order valence-corrected chi connectivity index (χ0v) is 18.4. The first-order valence-corrected chi connectivity index (χ1v) is 10.3. The van der Waals surface area contributed by atoms with Crippen LogP contribution in [0, 0.1) is 0 Å². The number of nitrogens with zero attached hydrogens (tertiary/aromatic N) is 2. The van der Waals surface area contributed by atoms with Gasteiger partial charge in [0.05, 0.1) is 5.57 Å². The first kappa shape index (κ1) is 21.6. The van der Waals surface area contributed by atoms with Crippen LogP contribution in [0.3, 0.4) is 0 Å². The number of fused-ring (bicyclic) bond motifs is 1. The van der Waals surface area contributed by atoms with Crippen molar-refractivity contribution in [2.24, 2.45) is 0 Å². The van der Waals surface area contributed by atoms with E-state index in [1.165, 1.54) is 5.56 Å². The Bertz CT molecular complexity index is 973. The van der Waals surface area contributed by atoms with Gasteiger partial charge in [-0.15, -0.1) is 0 Å². The summed E-state index contributed by atoms with van der Waals surface area (Å²) in [5.41, 5.74) is 5.53. The number of carbonyl (C=O) groups excluding carboxylic acids is 2. The van der Waals surface area contributed by atoms with Gasteiger partial charge >= 0.3 is 0 Å². The molecule has 0 bridgehead atoms. The Labute approximate surface area is 178 Å². The van der Waals surface area contributed by atoms with Gasteiger partial charge in [0.2, 0.25) is 0 Å². The molecular weight excluding hydrogens is 376 g/mol. The lowest BCUT2D eigenvalue weighted by Crippen LogP contribution is -2.30. The average Bonchev–Trinajstić information content (AvgIpc) is 3.04. The van der Waals surface area contributed by atoms with Crippen molar-refractivity contribution >= 4 is 28.8 Å². The highest BCUT2D eigenvalue weighted by molar-refractivity contribution is 6.32. The summed E-state index contributed by atoms with van der Waals surface area (Å²) in [4.78, 5) is 29.3. The first-order valence-electron chi connectivity index (χ1n) is 10.3. The molecule has 0 radical (unpaired) electrons. The summed E-state index contributed by atoms with van der Waals surface area (Å²) in [6.07, 6.45) is 0. The van der Waals surface area contributed by atoms with Gasteiger partial charge in [-0.25, -0.2) is 0 Å². The Morgan fingerprint density at radius 3 is 2.30 bits per heavy atom. The zero-order chi connectivity index (χ0) is 21.8. The largest absolute Gasteiger partial charge is 0.358 e. The number of nitrogens with one attached hydrogen (secondary N) is 2. The van der Waals surface area contributed by atoms with Crippen molar-refractivity contribution in [3.63, 3.8) is 0 Å². The van der Waals surface area contributed by atoms with Crippen LogP contribution in [-0.4, -0.2) is 48.8 Å². The van der Waals surface area contributed by atoms with Gasteiger partial charge in [-0.2, -0.15) is 0 Å². The second kappa shape index (κ2) is 9.13. The summed E-state index contributed by atoms with van der Waals surface area (Å²) in [5, 5.41) is 6.24. The number of hydrogen-bond donors (Lipinski definition) is 2. The standard InChI is InChI=1S/C24H30N4O2/c1-6-28(7-2)24(30)18-10-13-21-20(14-18)22(23(29)26-21)16(3)25-19-11-8-17(9-12-19)15-27(4)5/h8-14,25H,6-7,15H2,1-5H3,(H,26,29)/b22-16-. The molecule has 1 heterocycles. The lowest BCUT2D eigenvalue weighted by Gasteiger charge is -2.19. The molecule has 0 aliphatic carbocycles. The highest BCUT2D eigenvalue weighted by Gasteiger charge is 2.28. The molecule has 2 aromatic rings. The monoisotopic (exact) mass is 406 g/mol. The van der Waals surface area contributed by atoms with Crippen LogP contribution >= 0.6 is 0 Å². The van der Waals surface area contributed by atoms with Crippen molar-refractivity contribution in [1.82, 2.24) is 9.80 Å². The minimum Gasteiger partial charge on any atom is -0.358 e. The molecule has 0 saturated heterocycles. The van der Waals surface area contributed by atoms with Crippen LogP contribution < -0.4 is 10.6 Å². The third-order valence-corrected chi connectivity index (χ3v) is 5.22. The lowest BCUT2D eigenvalue weighted by molar-refractivity contribution is -0.110. The van der Waals surface area contributed by atoms with Gasteiger partial charge in [-0.05, 0) is 70.8 Å². The zero-order valence-electron chi connectivity index (χ0n) is 18.4. The van der Waals surface area contributed by atoms with Gasteiger partial charge in [0.25, 0.3) is 11.8 Å². The van der Waals surface area contributed by atoms with E-state index in [1.807, 2.05) is 53.1 Å². The molecule has 30 heavy (non-hydrogen) atoms. The van der Waals surface area contributed by atoms with Gasteiger partial charge in [0, 0.05) is 47.8 Å². The molecule has 0 aromatic heterocycles. The summed E-state index contributed by atoms with van der Waals surface area (Å²) in [5.74, 6) is -0.185. The molecule has 1 aliphatic heterocycles. The van der Waals surface area contributed by atoms with Crippen LogP contribution in [0.1, 0.15) is 42.3 Å². The van der Waals surface area contributed by atoms with Crippen molar-refractivity contribution in [2.45, 2.75) is 27.3 Å². The third-order valence-electron chi connectivity index (χ3n) is 5.22. The Balaban J connectivity index is 1.89. The number of hydrogen-bond acceptors (Lipinski definition) is 4. The molecule has 0 fully saturated rings. The van der Waals surface area contributed by atoms with Gasteiger partial charge in [0.1, 0.15) is 0 Å². The highest BCUT2D eigenvalue weighted by Crippen LogP contribution is 2.35. The van der Waals surface area contributed by atoms with Crippen molar-refractivity contribution < 1.29 is 9.59 Å². The Morgan fingerprint density at radius 1 is 1.03 bits per heavy atom. The number of benzene rings is 2. The molecular formula is C24H30N4O2. The van der Waals surface area contributed by atoms with Gasteiger partial charge in [-0.3, -0.25) is 9.59 Å². The third kappa shape index (κ3) is 4.54. The SMILES string of the molecule is CCN(CC)C(=O)c1ccc2c(c1)/C(=C(\C)Nc1ccc(CN(C)C)cc1)C(=O)N2. The van der Waals surface area contributed by atoms with Crippen molar-refractivity contribution in [2.75, 3.05) is 37.8 Å². The van der Waals surface area contributed by atoms with E-state index in [1.54, 1.807) is 17.0 Å². The van der Waals surface area contributed by atoms with Crippen molar-refractivity contribution in [1.29, 1.82) is 0 Å². The average molecular weight is 407 g/mol. The number of rotatable bonds is 7. The fourth-order valence-electron chi connectivity index (χ4n) is 3.70. The summed E-state index contributed by atoms with van der Waals surface area (Å²) in [6, 6.07) is 13.6. The predicted molar refractivity (Wildman–Crippen MR) is 122 cm³/mol. The highest BCUT2D eigenvalue weighted by atomic mass is 16.2. The quantitative estimate of drug-likeness (QED) is 0.682. The molecule has 2 N–H and O–H groups in total. The Kier molecular flexibility index (Phi) is 6.57. The first-order chi connectivity index (χ1) is 14.3. The van der Waals surface area contributed by atoms with Gasteiger partial charge in [-0.1, -0.05) is 12.1 Å². The van der Waals surface area contributed by atoms with Gasteiger partial charge in [0.15, 0.2) is 0 Å². The smallest absolute Gasteiger partial charge is 0.258 e. The molecule has 1 aliphatic rings. The minimum atomic E-state index is -0.160. The molecule has 0 unspecified atom stereocenters. The molecule has 6 nitrogen and oxygen atoms in total. The van der Waals surface area contributed by atoms with E-state index in [0.29, 0.717) is 24.2 Å². The number of anilines is 2. The lowest BCUT2D eigenvalue weighted by atomic mass is 10.0. The molecule has 3 rings (SSSR count). The van der Waals surface area contributed by atoms with Crippen molar-refractivity contribution in [3.8, 4) is 0 Å². The maximum atomic E-state index is 12.7. The van der Waals surface area contributed by atoms with Crippen LogP contribution in [0.4, 0.5) is 11.4 Å². The van der Waals surface area contributed by atoms with E-state index in [0.717, 1.165) is 29.2 Å². The predicted octanol–water partition coefficient (Wildman–Crippen LogP) is 4.03. The summed E-state index contributed by atoms with van der Waals surface area (Å²) in [6.45, 7) is 7.98. The molecule has 2 amide bonds. The van der Waals surface area contributed by atoms with Crippen LogP contribution in [0.25, 0.3) is 5.57 Å². The molecule has 2 aromatic carbocycles. The Morgan fingerprint density at radius 2 is 1.70 bits per heavy atom. The van der Waals surface area contributed by atoms with Crippen LogP contribution in [-0.2, 0) is 11.3 Å². The van der Waals surface area contributed by atoms with E-state index in [2.05, 4.69) is 27.7 Å². The molecule has 0 spiro atoms. The number of carbonyl (C=O) groups is 2. The van der Waals surface area contributed by atoms with Crippen LogP contribution in [0.2, 0.25) is 0 Å². The van der Waals surface area contributed by atoms with E-state index < -0.39 is 0 Å². The van der Waals surface area contributed by atoms with Gasteiger partial charge < -0.3 is 20.4 Å². The summed E-state index contributed by atoms with van der Waals surface area (Å²) in [7, 11) is 4.08. The van der Waals surface area contributed by atoms with E-state index in [-0.39, 0.29) is 11.8 Å². The normalized spacial score (nSPS) is 14.4. The minimum absolute atomic E-state index is 0.0245. The topological polar surface area (TPSA) is 64.7 Å².